The standard InChI is InChI=1S/C25H27Si.2ClH.Zr/c1-17(16-19-14-13-18-8-4-5-9-20(18)19)12-15-23-21-10-6-7-11-22(21)24-25(23)26(24,2)3;;;/h4-11,13-14,19,23H,12,15-16H2,1-3H3;2*1H;/q-1;;;+3/p-2. The molecule has 0 fully saturated rings. The first-order valence-electron chi connectivity index (χ1n) is 10.00. The Hall–Kier alpha value is -0.400. The molecule has 149 valence electrons. The molecule has 2 aromatic rings. The molecule has 1 heterocycles. The number of allylic oxidation sites excluding steroid dienone is 2. The number of rotatable bonds is 5. The molecule has 0 spiro atoms. The van der Waals surface area contributed by atoms with Gasteiger partial charge in [0.1, 0.15) is 8.07 Å². The maximum atomic E-state index is 2.54. The van der Waals surface area contributed by atoms with E-state index in [4.69, 9.17) is 0 Å². The smallest absolute Gasteiger partial charge is 1.00 e. The maximum Gasteiger partial charge on any atom is 3.00 e. The van der Waals surface area contributed by atoms with Gasteiger partial charge < -0.3 is 30.7 Å². The van der Waals surface area contributed by atoms with Crippen LogP contribution in [-0.2, 0) is 26.2 Å². The van der Waals surface area contributed by atoms with Crippen LogP contribution in [0.1, 0.15) is 60.3 Å². The van der Waals surface area contributed by atoms with E-state index in [2.05, 4.69) is 80.7 Å². The third kappa shape index (κ3) is 4.20. The Bertz CT molecular complexity index is 947. The number of hydrogen-bond acceptors (Lipinski definition) is 0. The van der Waals surface area contributed by atoms with Crippen LogP contribution in [0.5, 0.6) is 0 Å². The normalized spacial score (nSPS) is 21.5. The predicted molar refractivity (Wildman–Crippen MR) is 115 cm³/mol. The van der Waals surface area contributed by atoms with Crippen molar-refractivity contribution in [3.05, 3.63) is 88.0 Å². The van der Waals surface area contributed by atoms with E-state index in [-0.39, 0.29) is 51.0 Å². The van der Waals surface area contributed by atoms with Crippen LogP contribution in [0, 0.1) is 5.92 Å². The average Bonchev–Trinajstić information content (AvgIpc) is 2.97. The average molecular weight is 518 g/mol. The van der Waals surface area contributed by atoms with Crippen LogP contribution >= 0.6 is 0 Å². The van der Waals surface area contributed by atoms with Crippen LogP contribution in [0.3, 0.4) is 0 Å². The van der Waals surface area contributed by atoms with Crippen molar-refractivity contribution >= 4 is 19.3 Å². The number of halogens is 2. The van der Waals surface area contributed by atoms with Gasteiger partial charge in [-0.05, 0) is 28.2 Å². The van der Waals surface area contributed by atoms with Gasteiger partial charge in [0.05, 0.1) is 0 Å². The van der Waals surface area contributed by atoms with Crippen molar-refractivity contribution in [2.24, 2.45) is 0 Å². The van der Waals surface area contributed by atoms with Crippen LogP contribution in [0.25, 0.3) is 11.3 Å². The largest absolute Gasteiger partial charge is 3.00 e. The van der Waals surface area contributed by atoms with E-state index in [1.807, 2.05) is 5.20 Å². The molecule has 2 atom stereocenters. The van der Waals surface area contributed by atoms with Crippen molar-refractivity contribution in [1.29, 1.82) is 0 Å². The minimum absolute atomic E-state index is 0. The van der Waals surface area contributed by atoms with Crippen molar-refractivity contribution < 1.29 is 51.0 Å². The molecule has 3 aliphatic rings. The zero-order valence-electron chi connectivity index (χ0n) is 17.3. The number of hydrogen-bond donors (Lipinski definition) is 0. The first-order chi connectivity index (χ1) is 12.6. The Morgan fingerprint density at radius 3 is 2.34 bits per heavy atom. The fourth-order valence-corrected chi connectivity index (χ4v) is 9.57. The monoisotopic (exact) mass is 515 g/mol. The molecule has 1 radical (unpaired) electrons. The van der Waals surface area contributed by atoms with Gasteiger partial charge in [-0.25, -0.2) is 0 Å². The minimum atomic E-state index is -1.16. The second-order valence-electron chi connectivity index (χ2n) is 8.85. The van der Waals surface area contributed by atoms with Crippen LogP contribution < -0.4 is 24.8 Å². The summed E-state index contributed by atoms with van der Waals surface area (Å²) < 4.78 is 0. The zero-order valence-corrected chi connectivity index (χ0v) is 22.3. The quantitative estimate of drug-likeness (QED) is 0.409. The van der Waals surface area contributed by atoms with Crippen LogP contribution in [0.2, 0.25) is 13.1 Å². The Kier molecular flexibility index (Phi) is 8.05. The molecular weight excluding hydrogens is 490 g/mol. The molecule has 0 amide bonds. The molecule has 0 saturated carbocycles. The molecule has 2 aliphatic carbocycles. The van der Waals surface area contributed by atoms with Crippen molar-refractivity contribution in [2.75, 3.05) is 0 Å². The summed E-state index contributed by atoms with van der Waals surface area (Å²) in [7, 11) is -1.16. The van der Waals surface area contributed by atoms with E-state index in [1.54, 1.807) is 22.2 Å². The van der Waals surface area contributed by atoms with Crippen molar-refractivity contribution in [3.63, 3.8) is 0 Å². The van der Waals surface area contributed by atoms with E-state index >= 15 is 0 Å². The summed E-state index contributed by atoms with van der Waals surface area (Å²) in [5.74, 6) is 2.95. The van der Waals surface area contributed by atoms with Crippen LogP contribution in [0.4, 0.5) is 0 Å². The number of fused-ring (bicyclic) bond motifs is 3. The molecule has 0 nitrogen and oxygen atoms in total. The Morgan fingerprint density at radius 1 is 0.931 bits per heavy atom. The Morgan fingerprint density at radius 2 is 1.59 bits per heavy atom. The summed E-state index contributed by atoms with van der Waals surface area (Å²) in [6.07, 6.45) is 8.46. The van der Waals surface area contributed by atoms with Crippen molar-refractivity contribution in [2.45, 2.75) is 51.1 Å². The molecule has 1 aliphatic heterocycles. The summed E-state index contributed by atoms with van der Waals surface area (Å²) in [5, 5.41) is 3.64. The first-order valence-corrected chi connectivity index (χ1v) is 13.0. The van der Waals surface area contributed by atoms with Crippen molar-refractivity contribution in [1.82, 2.24) is 0 Å². The van der Waals surface area contributed by atoms with Gasteiger partial charge in [0.15, 0.2) is 0 Å². The van der Waals surface area contributed by atoms with Gasteiger partial charge in [-0.1, -0.05) is 90.6 Å². The third-order valence-electron chi connectivity index (χ3n) is 6.79. The summed E-state index contributed by atoms with van der Waals surface area (Å²) in [5.41, 5.74) is 6.13. The topological polar surface area (TPSA) is 0 Å². The summed E-state index contributed by atoms with van der Waals surface area (Å²) >= 11 is 0. The molecule has 2 aromatic carbocycles. The van der Waals surface area contributed by atoms with Gasteiger partial charge in [0, 0.05) is 5.92 Å². The Balaban J connectivity index is 0.000001000. The Labute approximate surface area is 208 Å². The van der Waals surface area contributed by atoms with E-state index in [1.165, 1.54) is 30.4 Å². The fraction of sp³-hybridized carbons (Fsp3) is 0.320. The molecule has 29 heavy (non-hydrogen) atoms. The summed E-state index contributed by atoms with van der Waals surface area (Å²) in [6, 6.07) is 18.0. The van der Waals surface area contributed by atoms with E-state index < -0.39 is 8.07 Å². The van der Waals surface area contributed by atoms with Gasteiger partial charge in [0.25, 0.3) is 0 Å². The van der Waals surface area contributed by atoms with E-state index in [0.29, 0.717) is 11.8 Å². The summed E-state index contributed by atoms with van der Waals surface area (Å²) in [6.45, 7) is 7.45. The van der Waals surface area contributed by atoms with Crippen LogP contribution in [-0.4, -0.2) is 8.07 Å². The maximum absolute atomic E-state index is 2.54. The SMILES string of the molecule is C[C-](CCC1C2=C(c3ccccc31)[Si]2(C)C)CC1C=Cc2ccccc21.[Cl-].[Cl-].[Zr+3]. The first kappa shape index (κ1) is 24.9. The molecule has 2 unspecified atom stereocenters. The van der Waals surface area contributed by atoms with E-state index in [9.17, 15) is 0 Å². The third-order valence-corrected chi connectivity index (χ3v) is 10.3. The molecule has 0 bridgehead atoms. The van der Waals surface area contributed by atoms with Gasteiger partial charge in [-0.3, -0.25) is 0 Å². The van der Waals surface area contributed by atoms with Gasteiger partial charge in [-0.2, -0.15) is 19.8 Å². The molecular formula is C25H27Cl2SiZr. The molecule has 5 rings (SSSR count). The molecule has 0 saturated heterocycles. The number of benzene rings is 2. The zero-order chi connectivity index (χ0) is 17.9. The fourth-order valence-electron chi connectivity index (χ4n) is 5.44. The van der Waals surface area contributed by atoms with Gasteiger partial charge >= 0.3 is 26.2 Å². The van der Waals surface area contributed by atoms with Crippen molar-refractivity contribution in [3.8, 4) is 0 Å². The van der Waals surface area contributed by atoms with E-state index in [0.717, 1.165) is 0 Å². The molecule has 0 aromatic heterocycles. The molecule has 0 N–H and O–H groups in total. The van der Waals surface area contributed by atoms with Crippen LogP contribution in [0.15, 0.2) is 59.8 Å². The summed E-state index contributed by atoms with van der Waals surface area (Å²) in [4.78, 5) is 0. The second kappa shape index (κ2) is 9.39. The minimum Gasteiger partial charge on any atom is -1.00 e. The molecule has 4 heteroatoms. The second-order valence-corrected chi connectivity index (χ2v) is 13.1. The van der Waals surface area contributed by atoms with Gasteiger partial charge in [0.2, 0.25) is 0 Å². The van der Waals surface area contributed by atoms with Gasteiger partial charge in [-0.15, -0.1) is 0 Å². The predicted octanol–water partition coefficient (Wildman–Crippen LogP) is 0.919.